The number of hydrogen-bond acceptors (Lipinski definition) is 1. The van der Waals surface area contributed by atoms with Crippen LogP contribution in [-0.2, 0) is 12.4 Å². The Labute approximate surface area is 102 Å². The van der Waals surface area contributed by atoms with E-state index in [-0.39, 0.29) is 6.07 Å². The summed E-state index contributed by atoms with van der Waals surface area (Å²) in [5, 5.41) is 0. The van der Waals surface area contributed by atoms with E-state index in [0.717, 1.165) is 0 Å². The topological polar surface area (TPSA) is 0 Å². The van der Waals surface area contributed by atoms with Crippen LogP contribution in [0.4, 0.5) is 26.3 Å². The fourth-order valence-corrected chi connectivity index (χ4v) is 1.30. The Morgan fingerprint density at radius 1 is 0.882 bits per heavy atom. The molecule has 0 saturated heterocycles. The van der Waals surface area contributed by atoms with Crippen molar-refractivity contribution < 1.29 is 26.3 Å². The van der Waals surface area contributed by atoms with Gasteiger partial charge in [-0.15, -0.1) is 0 Å². The van der Waals surface area contributed by atoms with Gasteiger partial charge >= 0.3 is 12.4 Å². The minimum absolute atomic E-state index is 0.0126. The molecule has 0 aromatic heterocycles. The number of thiocarbonyl (C=S) groups is 1. The zero-order valence-electron chi connectivity index (χ0n) is 7.79. The third-order valence-corrected chi connectivity index (χ3v) is 2.27. The van der Waals surface area contributed by atoms with Gasteiger partial charge in [0.25, 0.3) is 0 Å². The molecule has 1 aromatic rings. The second-order valence-electron chi connectivity index (χ2n) is 3.07. The molecule has 0 heterocycles. The molecule has 0 spiro atoms. The maximum Gasteiger partial charge on any atom is 0.416 e. The van der Waals surface area contributed by atoms with Crippen molar-refractivity contribution in [3.8, 4) is 0 Å². The number of rotatable bonds is 1. The van der Waals surface area contributed by atoms with Gasteiger partial charge in [0.15, 0.2) is 0 Å². The van der Waals surface area contributed by atoms with Gasteiger partial charge < -0.3 is 0 Å². The SMILES string of the molecule is FC(F)(F)c1cc(C(=S)Cl)cc(C(F)(F)F)c1. The molecule has 0 bridgehead atoms. The first-order valence-corrected chi connectivity index (χ1v) is 4.80. The average Bonchev–Trinajstić information content (AvgIpc) is 2.14. The summed E-state index contributed by atoms with van der Waals surface area (Å²) in [4.78, 5) is 0. The Kier molecular flexibility index (Phi) is 3.73. The molecule has 8 heteroatoms. The Hall–Kier alpha value is -0.820. The lowest BCUT2D eigenvalue weighted by molar-refractivity contribution is -0.143. The summed E-state index contributed by atoms with van der Waals surface area (Å²) in [6.07, 6.45) is -9.78. The van der Waals surface area contributed by atoms with Crippen molar-refractivity contribution in [3.05, 3.63) is 34.9 Å². The molecule has 0 radical (unpaired) electrons. The fraction of sp³-hybridized carbons (Fsp3) is 0.222. The second kappa shape index (κ2) is 4.45. The Morgan fingerprint density at radius 2 is 1.24 bits per heavy atom. The van der Waals surface area contributed by atoms with Gasteiger partial charge in [-0.3, -0.25) is 0 Å². The van der Waals surface area contributed by atoms with Crippen molar-refractivity contribution in [3.63, 3.8) is 0 Å². The molecule has 0 saturated carbocycles. The highest BCUT2D eigenvalue weighted by atomic mass is 35.5. The largest absolute Gasteiger partial charge is 0.416 e. The van der Waals surface area contributed by atoms with Crippen molar-refractivity contribution in [2.24, 2.45) is 0 Å². The first-order valence-electron chi connectivity index (χ1n) is 4.01. The Balaban J connectivity index is 3.45. The summed E-state index contributed by atoms with van der Waals surface area (Å²) < 4.78 is 73.5. The first-order chi connectivity index (χ1) is 7.51. The molecule has 0 aliphatic heterocycles. The molecule has 1 aromatic carbocycles. The molecule has 94 valence electrons. The van der Waals surface area contributed by atoms with Crippen LogP contribution in [0, 0.1) is 0 Å². The number of hydrogen-bond donors (Lipinski definition) is 0. The summed E-state index contributed by atoms with van der Waals surface area (Å²) in [5.41, 5.74) is -3.36. The van der Waals surface area contributed by atoms with Crippen molar-refractivity contribution in [2.75, 3.05) is 0 Å². The highest BCUT2D eigenvalue weighted by Crippen LogP contribution is 2.36. The molecule has 1 rings (SSSR count). The van der Waals surface area contributed by atoms with Gasteiger partial charge in [-0.05, 0) is 18.2 Å². The van der Waals surface area contributed by atoms with Crippen LogP contribution in [0.2, 0.25) is 0 Å². The van der Waals surface area contributed by atoms with Gasteiger partial charge in [-0.25, -0.2) is 0 Å². The Morgan fingerprint density at radius 3 is 1.47 bits per heavy atom. The van der Waals surface area contributed by atoms with Gasteiger partial charge in [0, 0.05) is 5.56 Å². The normalized spacial score (nSPS) is 12.6. The lowest BCUT2D eigenvalue weighted by Crippen LogP contribution is -2.12. The summed E-state index contributed by atoms with van der Waals surface area (Å²) in [6, 6.07) is 0.966. The van der Waals surface area contributed by atoms with Crippen LogP contribution in [0.3, 0.4) is 0 Å². The summed E-state index contributed by atoms with van der Waals surface area (Å²) >= 11 is 9.60. The van der Waals surface area contributed by atoms with Crippen LogP contribution in [0.15, 0.2) is 18.2 Å². The molecule has 17 heavy (non-hydrogen) atoms. The molecule has 0 amide bonds. The van der Waals surface area contributed by atoms with Crippen LogP contribution in [0.5, 0.6) is 0 Å². The minimum atomic E-state index is -4.89. The van der Waals surface area contributed by atoms with E-state index < -0.39 is 33.4 Å². The quantitative estimate of drug-likeness (QED) is 0.413. The van der Waals surface area contributed by atoms with Crippen LogP contribution in [0.1, 0.15) is 16.7 Å². The molecule has 0 N–H and O–H groups in total. The standard InChI is InChI=1S/C9H3ClF6S/c10-7(17)4-1-5(8(11,12)13)3-6(2-4)9(14,15)16/h1-3H. The van der Waals surface area contributed by atoms with Crippen molar-refractivity contribution >= 4 is 28.1 Å². The third kappa shape index (κ3) is 3.57. The molecule has 0 unspecified atom stereocenters. The first kappa shape index (κ1) is 14.2. The van der Waals surface area contributed by atoms with E-state index in [1.54, 1.807) is 0 Å². The monoisotopic (exact) mass is 292 g/mol. The van der Waals surface area contributed by atoms with Crippen LogP contribution < -0.4 is 0 Å². The minimum Gasteiger partial charge on any atom is -0.166 e. The number of benzene rings is 1. The second-order valence-corrected chi connectivity index (χ2v) is 4.08. The summed E-state index contributed by atoms with van der Waals surface area (Å²) in [5.74, 6) is 0. The molecule has 0 fully saturated rings. The van der Waals surface area contributed by atoms with Crippen molar-refractivity contribution in [1.82, 2.24) is 0 Å². The van der Waals surface area contributed by atoms with Crippen LogP contribution in [0.25, 0.3) is 0 Å². The molecular formula is C9H3ClF6S. The Bertz CT molecular complexity index is 416. The van der Waals surface area contributed by atoms with Gasteiger partial charge in [0.05, 0.1) is 11.1 Å². The van der Waals surface area contributed by atoms with E-state index in [2.05, 4.69) is 12.2 Å². The molecular weight excluding hydrogens is 290 g/mol. The fourth-order valence-electron chi connectivity index (χ4n) is 1.07. The van der Waals surface area contributed by atoms with E-state index in [9.17, 15) is 26.3 Å². The van der Waals surface area contributed by atoms with E-state index in [1.165, 1.54) is 0 Å². The van der Waals surface area contributed by atoms with Gasteiger partial charge in [-0.2, -0.15) is 26.3 Å². The molecule has 0 atom stereocenters. The van der Waals surface area contributed by atoms with Crippen LogP contribution >= 0.6 is 23.8 Å². The van der Waals surface area contributed by atoms with Crippen molar-refractivity contribution in [2.45, 2.75) is 12.4 Å². The van der Waals surface area contributed by atoms with Crippen molar-refractivity contribution in [1.29, 1.82) is 0 Å². The summed E-state index contributed by atoms with van der Waals surface area (Å²) in [7, 11) is 0. The smallest absolute Gasteiger partial charge is 0.166 e. The predicted octanol–water partition coefficient (Wildman–Crippen LogP) is 4.64. The van der Waals surface area contributed by atoms with E-state index in [1.807, 2.05) is 0 Å². The molecule has 0 aliphatic rings. The highest BCUT2D eigenvalue weighted by molar-refractivity contribution is 7.83. The van der Waals surface area contributed by atoms with Gasteiger partial charge in [-0.1, -0.05) is 23.8 Å². The maximum absolute atomic E-state index is 12.3. The van der Waals surface area contributed by atoms with Gasteiger partial charge in [0.1, 0.15) is 4.32 Å². The zero-order chi connectivity index (χ0) is 13.4. The highest BCUT2D eigenvalue weighted by Gasteiger charge is 2.37. The lowest BCUT2D eigenvalue weighted by Gasteiger charge is -2.13. The average molecular weight is 293 g/mol. The number of alkyl halides is 6. The predicted molar refractivity (Wildman–Crippen MR) is 54.0 cm³/mol. The molecule has 0 aliphatic carbocycles. The molecule has 0 nitrogen and oxygen atoms in total. The zero-order valence-corrected chi connectivity index (χ0v) is 9.36. The third-order valence-electron chi connectivity index (χ3n) is 1.81. The lowest BCUT2D eigenvalue weighted by atomic mass is 10.1. The van der Waals surface area contributed by atoms with E-state index >= 15 is 0 Å². The number of halogens is 7. The van der Waals surface area contributed by atoms with Gasteiger partial charge in [0.2, 0.25) is 0 Å². The van der Waals surface area contributed by atoms with E-state index in [4.69, 9.17) is 11.6 Å². The van der Waals surface area contributed by atoms with Crippen LogP contribution in [-0.4, -0.2) is 4.32 Å². The maximum atomic E-state index is 12.3. The van der Waals surface area contributed by atoms with E-state index in [0.29, 0.717) is 12.1 Å². The summed E-state index contributed by atoms with van der Waals surface area (Å²) in [6.45, 7) is 0.